The first-order chi connectivity index (χ1) is 15.4. The number of hydrogen-bond donors (Lipinski definition) is 4. The van der Waals surface area contributed by atoms with Gasteiger partial charge in [0.1, 0.15) is 11.5 Å². The van der Waals surface area contributed by atoms with E-state index < -0.39 is 17.6 Å². The van der Waals surface area contributed by atoms with Gasteiger partial charge in [0.2, 0.25) is 5.91 Å². The van der Waals surface area contributed by atoms with Gasteiger partial charge in [-0.25, -0.2) is 9.37 Å². The zero-order chi connectivity index (χ0) is 23.1. The Labute approximate surface area is 189 Å². The molecule has 0 spiro atoms. The number of anilines is 1. The summed E-state index contributed by atoms with van der Waals surface area (Å²) in [5, 5.41) is 8.40. The molecule has 0 saturated heterocycles. The Bertz CT molecular complexity index is 975. The van der Waals surface area contributed by atoms with Gasteiger partial charge >= 0.3 is 0 Å². The topological polar surface area (TPSA) is 125 Å². The van der Waals surface area contributed by atoms with E-state index in [4.69, 9.17) is 16.3 Å². The summed E-state index contributed by atoms with van der Waals surface area (Å²) >= 11 is 5.97. The Hall–Kier alpha value is -2.98. The number of carbonyl (C=O) groups excluding carboxylic acids is 3. The minimum atomic E-state index is -0.475. The number of benzene rings is 1. The molecule has 172 valence electrons. The lowest BCUT2D eigenvalue weighted by atomic mass is 9.85. The van der Waals surface area contributed by atoms with Gasteiger partial charge in [0, 0.05) is 25.6 Å². The van der Waals surface area contributed by atoms with Crippen molar-refractivity contribution in [3.8, 4) is 0 Å². The molecule has 1 saturated carbocycles. The SMILES string of the molecule is COCCNC(=O)c1[nH]cnc1C(=O)NC1CCC(C(=O)Nc2ccc(F)cc2Cl)CC1. The molecular formula is C21H25ClFN5O4. The van der Waals surface area contributed by atoms with E-state index in [0.717, 1.165) is 6.07 Å². The standard InChI is InChI=1S/C21H25ClFN5O4/c1-32-9-8-24-20(30)17-18(26-11-25-17)21(31)27-14-5-2-12(3-6-14)19(29)28-16-7-4-13(23)10-15(16)22/h4,7,10-12,14H,2-3,5-6,8-9H2,1H3,(H,24,30)(H,25,26)(H,27,31)(H,28,29). The van der Waals surface area contributed by atoms with E-state index >= 15 is 0 Å². The van der Waals surface area contributed by atoms with Crippen LogP contribution in [0.5, 0.6) is 0 Å². The Morgan fingerprint density at radius 1 is 1.22 bits per heavy atom. The van der Waals surface area contributed by atoms with Gasteiger partial charge < -0.3 is 25.7 Å². The molecule has 1 fully saturated rings. The number of aromatic amines is 1. The maximum absolute atomic E-state index is 13.2. The number of halogens is 2. The number of methoxy groups -OCH3 is 1. The maximum Gasteiger partial charge on any atom is 0.272 e. The van der Waals surface area contributed by atoms with E-state index in [0.29, 0.717) is 44.5 Å². The van der Waals surface area contributed by atoms with Crippen LogP contribution in [0, 0.1) is 11.7 Å². The first-order valence-electron chi connectivity index (χ1n) is 10.3. The van der Waals surface area contributed by atoms with Crippen LogP contribution in [0.15, 0.2) is 24.5 Å². The quantitative estimate of drug-likeness (QED) is 0.446. The van der Waals surface area contributed by atoms with Gasteiger partial charge in [0.15, 0.2) is 5.69 Å². The molecule has 1 aromatic carbocycles. The van der Waals surface area contributed by atoms with Crippen molar-refractivity contribution in [2.75, 3.05) is 25.6 Å². The summed E-state index contributed by atoms with van der Waals surface area (Å²) in [5.41, 5.74) is 0.469. The predicted molar refractivity (Wildman–Crippen MR) is 116 cm³/mol. The Morgan fingerprint density at radius 2 is 1.97 bits per heavy atom. The van der Waals surface area contributed by atoms with Crippen LogP contribution in [0.2, 0.25) is 5.02 Å². The molecule has 0 radical (unpaired) electrons. The van der Waals surface area contributed by atoms with Crippen molar-refractivity contribution in [2.45, 2.75) is 31.7 Å². The zero-order valence-electron chi connectivity index (χ0n) is 17.5. The lowest BCUT2D eigenvalue weighted by molar-refractivity contribution is -0.120. The molecule has 2 aromatic rings. The molecule has 0 bridgehead atoms. The Morgan fingerprint density at radius 3 is 2.66 bits per heavy atom. The molecule has 4 N–H and O–H groups in total. The number of amides is 3. The smallest absolute Gasteiger partial charge is 0.272 e. The number of nitrogens with one attached hydrogen (secondary N) is 4. The largest absolute Gasteiger partial charge is 0.383 e. The van der Waals surface area contributed by atoms with Crippen LogP contribution < -0.4 is 16.0 Å². The second-order valence-electron chi connectivity index (χ2n) is 7.51. The van der Waals surface area contributed by atoms with E-state index in [2.05, 4.69) is 25.9 Å². The highest BCUT2D eigenvalue weighted by molar-refractivity contribution is 6.33. The van der Waals surface area contributed by atoms with Crippen LogP contribution >= 0.6 is 11.6 Å². The molecule has 32 heavy (non-hydrogen) atoms. The summed E-state index contributed by atoms with van der Waals surface area (Å²) in [7, 11) is 1.53. The third-order valence-corrected chi connectivity index (χ3v) is 5.61. The van der Waals surface area contributed by atoms with Gasteiger partial charge in [0.25, 0.3) is 11.8 Å². The van der Waals surface area contributed by atoms with Gasteiger partial charge in [-0.2, -0.15) is 0 Å². The fourth-order valence-corrected chi connectivity index (χ4v) is 3.79. The van der Waals surface area contributed by atoms with E-state index in [1.54, 1.807) is 0 Å². The fourth-order valence-electron chi connectivity index (χ4n) is 3.57. The van der Waals surface area contributed by atoms with E-state index in [9.17, 15) is 18.8 Å². The second kappa shape index (κ2) is 11.1. The predicted octanol–water partition coefficient (Wildman–Crippen LogP) is 2.51. The van der Waals surface area contributed by atoms with Gasteiger partial charge in [-0.15, -0.1) is 0 Å². The summed E-state index contributed by atoms with van der Waals surface area (Å²) in [6.45, 7) is 0.663. The number of imidazole rings is 1. The van der Waals surface area contributed by atoms with Crippen molar-refractivity contribution in [3.63, 3.8) is 0 Å². The fraction of sp³-hybridized carbons (Fsp3) is 0.429. The van der Waals surface area contributed by atoms with Gasteiger partial charge in [-0.05, 0) is 43.9 Å². The monoisotopic (exact) mass is 465 g/mol. The van der Waals surface area contributed by atoms with Crippen LogP contribution in [-0.4, -0.2) is 54.0 Å². The van der Waals surface area contributed by atoms with Crippen LogP contribution in [-0.2, 0) is 9.53 Å². The molecule has 3 amide bonds. The summed E-state index contributed by atoms with van der Waals surface area (Å²) in [5.74, 6) is -1.79. The van der Waals surface area contributed by atoms with Crippen molar-refractivity contribution in [3.05, 3.63) is 46.8 Å². The van der Waals surface area contributed by atoms with E-state index in [1.165, 1.54) is 25.6 Å². The van der Waals surface area contributed by atoms with Gasteiger partial charge in [-0.1, -0.05) is 11.6 Å². The number of carbonyl (C=O) groups is 3. The number of nitrogens with zero attached hydrogens (tertiary/aromatic N) is 1. The molecule has 0 atom stereocenters. The lowest BCUT2D eigenvalue weighted by Crippen LogP contribution is -2.40. The molecule has 1 heterocycles. The zero-order valence-corrected chi connectivity index (χ0v) is 18.3. The molecular weight excluding hydrogens is 441 g/mol. The Balaban J connectivity index is 1.50. The van der Waals surface area contributed by atoms with Crippen molar-refractivity contribution < 1.29 is 23.5 Å². The average Bonchev–Trinajstić information content (AvgIpc) is 3.26. The van der Waals surface area contributed by atoms with Gasteiger partial charge in [-0.3, -0.25) is 14.4 Å². The highest BCUT2D eigenvalue weighted by Gasteiger charge is 2.29. The van der Waals surface area contributed by atoms with Crippen LogP contribution in [0.3, 0.4) is 0 Å². The second-order valence-corrected chi connectivity index (χ2v) is 7.92. The normalized spacial score (nSPS) is 18.1. The summed E-state index contributed by atoms with van der Waals surface area (Å²) in [6, 6.07) is 3.66. The molecule has 1 aliphatic rings. The molecule has 0 unspecified atom stereocenters. The molecule has 3 rings (SSSR count). The molecule has 1 aliphatic carbocycles. The number of rotatable bonds is 8. The van der Waals surface area contributed by atoms with E-state index in [1.807, 2.05) is 0 Å². The maximum atomic E-state index is 13.2. The van der Waals surface area contributed by atoms with Crippen LogP contribution in [0.25, 0.3) is 0 Å². The molecule has 11 heteroatoms. The molecule has 9 nitrogen and oxygen atoms in total. The number of H-pyrrole nitrogens is 1. The highest BCUT2D eigenvalue weighted by Crippen LogP contribution is 2.28. The third-order valence-electron chi connectivity index (χ3n) is 5.30. The van der Waals surface area contributed by atoms with Crippen molar-refractivity contribution in [1.29, 1.82) is 0 Å². The summed E-state index contributed by atoms with van der Waals surface area (Å²) in [6.07, 6.45) is 3.63. The lowest BCUT2D eigenvalue weighted by Gasteiger charge is -2.28. The average molecular weight is 466 g/mol. The highest BCUT2D eigenvalue weighted by atomic mass is 35.5. The van der Waals surface area contributed by atoms with Crippen molar-refractivity contribution in [2.24, 2.45) is 5.92 Å². The Kier molecular flexibility index (Phi) is 8.18. The van der Waals surface area contributed by atoms with Crippen molar-refractivity contribution in [1.82, 2.24) is 20.6 Å². The van der Waals surface area contributed by atoms with E-state index in [-0.39, 0.29) is 34.3 Å². The first-order valence-corrected chi connectivity index (χ1v) is 10.6. The molecule has 0 aliphatic heterocycles. The number of hydrogen-bond acceptors (Lipinski definition) is 5. The number of ether oxygens (including phenoxy) is 1. The minimum absolute atomic E-state index is 0.0192. The minimum Gasteiger partial charge on any atom is -0.383 e. The summed E-state index contributed by atoms with van der Waals surface area (Å²) < 4.78 is 18.0. The molecule has 1 aromatic heterocycles. The van der Waals surface area contributed by atoms with Crippen molar-refractivity contribution >= 4 is 35.0 Å². The third kappa shape index (κ3) is 6.04. The first kappa shape index (κ1) is 23.7. The van der Waals surface area contributed by atoms with Gasteiger partial charge in [0.05, 0.1) is 23.6 Å². The summed E-state index contributed by atoms with van der Waals surface area (Å²) in [4.78, 5) is 44.0. The number of aromatic nitrogens is 2. The van der Waals surface area contributed by atoms with Crippen LogP contribution in [0.1, 0.15) is 46.7 Å². The van der Waals surface area contributed by atoms with Crippen LogP contribution in [0.4, 0.5) is 10.1 Å².